The Morgan fingerprint density at radius 3 is 1.65 bits per heavy atom. The van der Waals surface area contributed by atoms with Gasteiger partial charge in [0, 0.05) is 25.4 Å². The Balaban J connectivity index is 1.20. The van der Waals surface area contributed by atoms with E-state index in [0.29, 0.717) is 13.2 Å². The minimum atomic E-state index is -0.339. The number of rotatable bonds is 18. The Bertz CT molecular complexity index is 1550. The molecule has 1 aliphatic carbocycles. The average Bonchev–Trinajstić information content (AvgIpc) is 3.40. The summed E-state index contributed by atoms with van der Waals surface area (Å²) in [7, 11) is 0. The molecule has 1 aliphatic rings. The van der Waals surface area contributed by atoms with Crippen LogP contribution in [0.5, 0.6) is 0 Å². The second-order valence-corrected chi connectivity index (χ2v) is 15.2. The third-order valence-electron chi connectivity index (χ3n) is 9.04. The van der Waals surface area contributed by atoms with E-state index in [1.54, 1.807) is 0 Å². The summed E-state index contributed by atoms with van der Waals surface area (Å²) in [6.45, 7) is 12.8. The van der Waals surface area contributed by atoms with E-state index < -0.39 is 0 Å². The number of thioether (sulfide) groups is 1. The monoisotopic (exact) mass is 671 g/mol. The van der Waals surface area contributed by atoms with Gasteiger partial charge in [0.15, 0.2) is 0 Å². The van der Waals surface area contributed by atoms with Gasteiger partial charge < -0.3 is 9.47 Å². The van der Waals surface area contributed by atoms with Gasteiger partial charge in [0.1, 0.15) is 0 Å². The summed E-state index contributed by atoms with van der Waals surface area (Å²) in [6, 6.07) is 43.3. The van der Waals surface area contributed by atoms with Crippen molar-refractivity contribution in [3.63, 3.8) is 0 Å². The zero-order chi connectivity index (χ0) is 34.4. The van der Waals surface area contributed by atoms with Crippen LogP contribution >= 0.6 is 11.8 Å². The van der Waals surface area contributed by atoms with E-state index in [4.69, 9.17) is 9.47 Å². The smallest absolute Gasteiger partial charge is 0.0874 e. The first-order chi connectivity index (χ1) is 23.8. The maximum Gasteiger partial charge on any atom is 0.0874 e. The SMILES string of the molecule is CC(C)(CCOC(C)(C)CSC(C1=CC=CC=CC1)(c1ccccc1)c1ccccc1)OCCN(Cc1ccccc1)Cc1ccccc1. The predicted octanol–water partition coefficient (Wildman–Crippen LogP) is 10.8. The quantitative estimate of drug-likeness (QED) is 0.105. The van der Waals surface area contributed by atoms with Crippen LogP contribution in [0.1, 0.15) is 62.8 Å². The van der Waals surface area contributed by atoms with Crippen LogP contribution in [-0.2, 0) is 27.3 Å². The minimum Gasteiger partial charge on any atom is -0.375 e. The van der Waals surface area contributed by atoms with Crippen molar-refractivity contribution in [2.75, 3.05) is 25.5 Å². The van der Waals surface area contributed by atoms with E-state index >= 15 is 0 Å². The lowest BCUT2D eigenvalue weighted by atomic mass is 9.82. The average molecular weight is 672 g/mol. The second kappa shape index (κ2) is 17.8. The van der Waals surface area contributed by atoms with E-state index in [1.165, 1.54) is 27.8 Å². The topological polar surface area (TPSA) is 21.7 Å². The lowest BCUT2D eigenvalue weighted by Crippen LogP contribution is -2.36. The van der Waals surface area contributed by atoms with Crippen LogP contribution in [0, 0.1) is 0 Å². The van der Waals surface area contributed by atoms with Gasteiger partial charge >= 0.3 is 0 Å². The summed E-state index contributed by atoms with van der Waals surface area (Å²) in [5, 5.41) is 0. The molecule has 0 bridgehead atoms. The first-order valence-corrected chi connectivity index (χ1v) is 18.6. The molecule has 4 aromatic carbocycles. The molecule has 0 fully saturated rings. The van der Waals surface area contributed by atoms with Crippen molar-refractivity contribution < 1.29 is 9.47 Å². The summed E-state index contributed by atoms with van der Waals surface area (Å²) < 4.78 is 12.9. The second-order valence-electron chi connectivity index (χ2n) is 14.1. The van der Waals surface area contributed by atoms with Gasteiger partial charge in [0.2, 0.25) is 0 Å². The van der Waals surface area contributed by atoms with Crippen molar-refractivity contribution in [2.45, 2.75) is 69.6 Å². The molecule has 0 amide bonds. The van der Waals surface area contributed by atoms with Crippen LogP contribution in [0.4, 0.5) is 0 Å². The van der Waals surface area contributed by atoms with Crippen molar-refractivity contribution in [1.29, 1.82) is 0 Å². The molecular formula is C45H53NO2S. The van der Waals surface area contributed by atoms with Crippen LogP contribution < -0.4 is 0 Å². The van der Waals surface area contributed by atoms with Crippen LogP contribution in [0.3, 0.4) is 0 Å². The largest absolute Gasteiger partial charge is 0.375 e. The Kier molecular flexibility index (Phi) is 13.3. The summed E-state index contributed by atoms with van der Waals surface area (Å²) in [5.41, 5.74) is 5.96. The van der Waals surface area contributed by atoms with Gasteiger partial charge in [-0.25, -0.2) is 0 Å². The maximum atomic E-state index is 6.67. The molecule has 5 rings (SSSR count). The van der Waals surface area contributed by atoms with Gasteiger partial charge in [-0.1, -0.05) is 152 Å². The number of benzene rings is 4. The highest BCUT2D eigenvalue weighted by atomic mass is 32.2. The predicted molar refractivity (Wildman–Crippen MR) is 209 cm³/mol. The number of allylic oxidation sites excluding steroid dienone is 5. The molecule has 4 heteroatoms. The van der Waals surface area contributed by atoms with Crippen molar-refractivity contribution in [3.05, 3.63) is 180 Å². The number of hydrogen-bond acceptors (Lipinski definition) is 4. The molecule has 256 valence electrons. The molecule has 0 saturated carbocycles. The van der Waals surface area contributed by atoms with Crippen LogP contribution in [0.25, 0.3) is 0 Å². The molecular weight excluding hydrogens is 619 g/mol. The fourth-order valence-corrected chi connectivity index (χ4v) is 7.89. The first-order valence-electron chi connectivity index (χ1n) is 17.6. The summed E-state index contributed by atoms with van der Waals surface area (Å²) in [5.74, 6) is 0.830. The Morgan fingerprint density at radius 1 is 0.592 bits per heavy atom. The third-order valence-corrected chi connectivity index (χ3v) is 11.0. The summed E-state index contributed by atoms with van der Waals surface area (Å²) in [6.07, 6.45) is 12.7. The van der Waals surface area contributed by atoms with Crippen LogP contribution in [0.15, 0.2) is 157 Å². The van der Waals surface area contributed by atoms with Gasteiger partial charge in [-0.3, -0.25) is 4.90 Å². The first kappa shape index (κ1) is 36.6. The van der Waals surface area contributed by atoms with Gasteiger partial charge in [-0.2, -0.15) is 0 Å². The fourth-order valence-electron chi connectivity index (χ4n) is 6.30. The fraction of sp³-hybridized carbons (Fsp3) is 0.333. The third kappa shape index (κ3) is 10.9. The molecule has 0 spiro atoms. The molecule has 0 atom stereocenters. The number of ether oxygens (including phenoxy) is 2. The normalized spacial score (nSPS) is 13.8. The Morgan fingerprint density at radius 2 is 1.10 bits per heavy atom. The molecule has 0 N–H and O–H groups in total. The lowest BCUT2D eigenvalue weighted by molar-refractivity contribution is -0.0695. The summed E-state index contributed by atoms with van der Waals surface area (Å²) in [4.78, 5) is 2.47. The molecule has 0 unspecified atom stereocenters. The highest BCUT2D eigenvalue weighted by molar-refractivity contribution is 8.00. The Hall–Kier alpha value is -3.67. The molecule has 0 aliphatic heterocycles. The van der Waals surface area contributed by atoms with Crippen molar-refractivity contribution >= 4 is 11.8 Å². The van der Waals surface area contributed by atoms with E-state index in [-0.39, 0.29) is 15.9 Å². The molecule has 3 nitrogen and oxygen atoms in total. The standard InChI is InChI=1S/C45H53NO2S/c1-43(2,48-34-32-46(35-38-21-11-7-12-22-38)36-39-23-13-8-14-24-39)31-33-47-44(3,4)37-49-45(41-27-17-9-18-28-41,42-29-19-10-20-30-42)40-25-15-5-6-16-26-40/h5-25,27-30H,26,31-37H2,1-4H3. The highest BCUT2D eigenvalue weighted by Gasteiger charge is 2.40. The van der Waals surface area contributed by atoms with Crippen LogP contribution in [0.2, 0.25) is 0 Å². The molecule has 4 aromatic rings. The van der Waals surface area contributed by atoms with E-state index in [2.05, 4.69) is 184 Å². The van der Waals surface area contributed by atoms with Crippen LogP contribution in [-0.4, -0.2) is 41.6 Å². The van der Waals surface area contributed by atoms with Crippen molar-refractivity contribution in [2.24, 2.45) is 0 Å². The van der Waals surface area contributed by atoms with E-state index in [1.807, 2.05) is 11.8 Å². The highest BCUT2D eigenvalue weighted by Crippen LogP contribution is 2.51. The van der Waals surface area contributed by atoms with Crippen molar-refractivity contribution in [3.8, 4) is 0 Å². The zero-order valence-electron chi connectivity index (χ0n) is 29.8. The Labute approximate surface area is 299 Å². The molecule has 0 aromatic heterocycles. The molecule has 0 heterocycles. The molecule has 0 radical (unpaired) electrons. The van der Waals surface area contributed by atoms with Crippen molar-refractivity contribution in [1.82, 2.24) is 4.90 Å². The number of hydrogen-bond donors (Lipinski definition) is 0. The molecule has 0 saturated heterocycles. The maximum absolute atomic E-state index is 6.67. The van der Waals surface area contributed by atoms with E-state index in [0.717, 1.165) is 38.2 Å². The zero-order valence-corrected chi connectivity index (χ0v) is 30.6. The van der Waals surface area contributed by atoms with Gasteiger partial charge in [0.25, 0.3) is 0 Å². The minimum absolute atomic E-state index is 0.296. The lowest BCUT2D eigenvalue weighted by Gasteiger charge is -2.39. The van der Waals surface area contributed by atoms with Gasteiger partial charge in [0.05, 0.1) is 29.2 Å². The molecule has 49 heavy (non-hydrogen) atoms. The number of nitrogens with zero attached hydrogens (tertiary/aromatic N) is 1. The van der Waals surface area contributed by atoms with Gasteiger partial charge in [-0.05, 0) is 68.4 Å². The van der Waals surface area contributed by atoms with Gasteiger partial charge in [-0.15, -0.1) is 11.8 Å². The van der Waals surface area contributed by atoms with E-state index in [9.17, 15) is 0 Å². The summed E-state index contributed by atoms with van der Waals surface area (Å²) >= 11 is 1.98.